The van der Waals surface area contributed by atoms with Crippen LogP contribution in [0, 0.1) is 0 Å². The van der Waals surface area contributed by atoms with Gasteiger partial charge in [-0.05, 0) is 101 Å². The SMILES string of the molecule is C=C(C)C(=O)OCCCCCCc1ccc(-c2ccc(-c3ccc(-c4ccc(CCCCCCOC(=O)C(=C)C)s4)s3)s2)s1. The largest absolute Gasteiger partial charge is 0.462 e. The second-order valence-corrected chi connectivity index (χ2v) is 15.5. The van der Waals surface area contributed by atoms with E-state index < -0.39 is 0 Å². The molecule has 0 saturated heterocycles. The van der Waals surface area contributed by atoms with Gasteiger partial charge in [0.15, 0.2) is 0 Å². The summed E-state index contributed by atoms with van der Waals surface area (Å²) in [6, 6.07) is 18.1. The highest BCUT2D eigenvalue weighted by molar-refractivity contribution is 7.28. The van der Waals surface area contributed by atoms with Crippen LogP contribution in [-0.4, -0.2) is 25.2 Å². The first kappa shape index (κ1) is 34.1. The van der Waals surface area contributed by atoms with E-state index in [4.69, 9.17) is 9.47 Å². The van der Waals surface area contributed by atoms with Crippen LogP contribution in [-0.2, 0) is 31.9 Å². The van der Waals surface area contributed by atoms with Crippen LogP contribution < -0.4 is 0 Å². The van der Waals surface area contributed by atoms with Gasteiger partial charge in [0.1, 0.15) is 0 Å². The average Bonchev–Trinajstić information content (AvgIpc) is 3.82. The second-order valence-electron chi connectivity index (χ2n) is 11.0. The first-order chi connectivity index (χ1) is 21.3. The Kier molecular flexibility index (Phi) is 13.7. The summed E-state index contributed by atoms with van der Waals surface area (Å²) in [5, 5.41) is 0. The van der Waals surface area contributed by atoms with Crippen molar-refractivity contribution >= 4 is 57.3 Å². The zero-order valence-electron chi connectivity index (χ0n) is 25.8. The van der Waals surface area contributed by atoms with Gasteiger partial charge >= 0.3 is 11.9 Å². The first-order valence-corrected chi connectivity index (χ1v) is 18.6. The lowest BCUT2D eigenvalue weighted by molar-refractivity contribution is -0.139. The molecule has 234 valence electrons. The summed E-state index contributed by atoms with van der Waals surface area (Å²) in [4.78, 5) is 33.7. The van der Waals surface area contributed by atoms with E-state index in [9.17, 15) is 9.59 Å². The second kappa shape index (κ2) is 17.6. The van der Waals surface area contributed by atoms with Crippen molar-refractivity contribution < 1.29 is 19.1 Å². The Hall–Kier alpha value is -2.78. The van der Waals surface area contributed by atoms with Crippen molar-refractivity contribution in [3.63, 3.8) is 0 Å². The number of hydrogen-bond donors (Lipinski definition) is 0. The van der Waals surface area contributed by atoms with Crippen molar-refractivity contribution in [2.75, 3.05) is 13.2 Å². The highest BCUT2D eigenvalue weighted by atomic mass is 32.1. The van der Waals surface area contributed by atoms with Crippen molar-refractivity contribution in [3.8, 4) is 29.3 Å². The molecule has 0 fully saturated rings. The first-order valence-electron chi connectivity index (χ1n) is 15.3. The van der Waals surface area contributed by atoms with E-state index in [0.29, 0.717) is 24.4 Å². The molecule has 0 aliphatic rings. The third-order valence-corrected chi connectivity index (χ3v) is 12.1. The minimum atomic E-state index is -0.291. The molecule has 0 radical (unpaired) electrons. The number of rotatable bonds is 19. The molecule has 0 atom stereocenters. The van der Waals surface area contributed by atoms with Gasteiger partial charge in [-0.2, -0.15) is 0 Å². The minimum Gasteiger partial charge on any atom is -0.462 e. The fourth-order valence-corrected chi connectivity index (χ4v) is 8.96. The fraction of sp³-hybridized carbons (Fsp3) is 0.389. The van der Waals surface area contributed by atoms with Crippen LogP contribution in [0.1, 0.15) is 75.0 Å². The van der Waals surface area contributed by atoms with Gasteiger partial charge in [-0.15, -0.1) is 45.3 Å². The van der Waals surface area contributed by atoms with Crippen LogP contribution in [0.2, 0.25) is 0 Å². The lowest BCUT2D eigenvalue weighted by Crippen LogP contribution is -2.06. The van der Waals surface area contributed by atoms with Crippen LogP contribution in [0.25, 0.3) is 29.3 Å². The maximum absolute atomic E-state index is 11.4. The van der Waals surface area contributed by atoms with Gasteiger partial charge in [0.25, 0.3) is 0 Å². The smallest absolute Gasteiger partial charge is 0.333 e. The average molecular weight is 667 g/mol. The maximum Gasteiger partial charge on any atom is 0.333 e. The Morgan fingerprint density at radius 3 is 1.18 bits per heavy atom. The van der Waals surface area contributed by atoms with Gasteiger partial charge in [0.2, 0.25) is 0 Å². The molecule has 4 aromatic heterocycles. The van der Waals surface area contributed by atoms with Crippen LogP contribution in [0.15, 0.2) is 72.8 Å². The van der Waals surface area contributed by atoms with Gasteiger partial charge in [0, 0.05) is 50.2 Å². The summed E-state index contributed by atoms with van der Waals surface area (Å²) in [6.45, 7) is 11.5. The summed E-state index contributed by atoms with van der Waals surface area (Å²) in [7, 11) is 0. The topological polar surface area (TPSA) is 52.6 Å². The van der Waals surface area contributed by atoms with E-state index in [1.54, 1.807) is 13.8 Å². The van der Waals surface area contributed by atoms with E-state index in [1.165, 1.54) is 39.0 Å². The molecule has 4 nitrogen and oxygen atoms in total. The summed E-state index contributed by atoms with van der Waals surface area (Å²) >= 11 is 7.55. The Balaban J connectivity index is 1.18. The van der Waals surface area contributed by atoms with Gasteiger partial charge in [0.05, 0.1) is 13.2 Å². The molecular formula is C36H42O4S4. The van der Waals surface area contributed by atoms with Crippen molar-refractivity contribution in [2.45, 2.75) is 78.1 Å². The van der Waals surface area contributed by atoms with Crippen LogP contribution >= 0.6 is 45.3 Å². The van der Waals surface area contributed by atoms with Gasteiger partial charge in [-0.3, -0.25) is 0 Å². The van der Waals surface area contributed by atoms with Crippen LogP contribution in [0.5, 0.6) is 0 Å². The standard InChI is InChI=1S/C36H42O4S4/c1-25(2)35(37)39-23-11-7-5-9-13-27-15-17-29(41-27)31-19-21-33(43-31)34-22-20-32(44-34)30-18-16-28(42-30)14-10-6-8-12-24-40-36(38)26(3)4/h15-22H,1,3,5-14,23-24H2,2,4H3. The van der Waals surface area contributed by atoms with Gasteiger partial charge in [-0.1, -0.05) is 38.8 Å². The molecule has 0 N–H and O–H groups in total. The molecular weight excluding hydrogens is 625 g/mol. The van der Waals surface area contributed by atoms with Crippen LogP contribution in [0.4, 0.5) is 0 Å². The number of thiophene rings is 4. The van der Waals surface area contributed by atoms with Crippen molar-refractivity contribution in [1.82, 2.24) is 0 Å². The predicted octanol–water partition coefficient (Wildman–Crippen LogP) is 11.4. The fourth-order valence-electron chi connectivity index (χ4n) is 4.58. The number of carbonyl (C=O) groups is 2. The molecule has 4 rings (SSSR count). The molecule has 0 bridgehead atoms. The quantitative estimate of drug-likeness (QED) is 0.0568. The van der Waals surface area contributed by atoms with Crippen molar-refractivity contribution in [2.24, 2.45) is 0 Å². The third kappa shape index (κ3) is 10.7. The maximum atomic E-state index is 11.4. The molecule has 0 aromatic carbocycles. The molecule has 8 heteroatoms. The van der Waals surface area contributed by atoms with E-state index in [-0.39, 0.29) is 11.9 Å². The summed E-state index contributed by atoms with van der Waals surface area (Å²) in [6.07, 6.45) is 10.7. The molecule has 0 aliphatic heterocycles. The van der Waals surface area contributed by atoms with Gasteiger partial charge < -0.3 is 9.47 Å². The third-order valence-electron chi connectivity index (χ3n) is 7.06. The highest BCUT2D eigenvalue weighted by Crippen LogP contribution is 2.43. The zero-order chi connectivity index (χ0) is 31.3. The molecule has 0 aliphatic carbocycles. The zero-order valence-corrected chi connectivity index (χ0v) is 29.1. The van der Waals surface area contributed by atoms with Crippen molar-refractivity contribution in [3.05, 3.63) is 82.6 Å². The van der Waals surface area contributed by atoms with Crippen LogP contribution in [0.3, 0.4) is 0 Å². The predicted molar refractivity (Wildman–Crippen MR) is 190 cm³/mol. The number of unbranched alkanes of at least 4 members (excludes halogenated alkanes) is 6. The van der Waals surface area contributed by atoms with Crippen molar-refractivity contribution in [1.29, 1.82) is 0 Å². The van der Waals surface area contributed by atoms with E-state index in [0.717, 1.165) is 64.2 Å². The van der Waals surface area contributed by atoms with E-state index in [2.05, 4.69) is 61.7 Å². The lowest BCUT2D eigenvalue weighted by atomic mass is 10.1. The highest BCUT2D eigenvalue weighted by Gasteiger charge is 2.12. The number of aryl methyl sites for hydroxylation is 2. The summed E-state index contributed by atoms with van der Waals surface area (Å²) in [5.74, 6) is -0.581. The Labute approximate surface area is 278 Å². The molecule has 0 amide bonds. The molecule has 44 heavy (non-hydrogen) atoms. The molecule has 0 spiro atoms. The molecule has 4 heterocycles. The number of carbonyl (C=O) groups excluding carboxylic acids is 2. The normalized spacial score (nSPS) is 11.0. The lowest BCUT2D eigenvalue weighted by Gasteiger charge is -2.04. The van der Waals surface area contributed by atoms with E-state index >= 15 is 0 Å². The summed E-state index contributed by atoms with van der Waals surface area (Å²) in [5.41, 5.74) is 0.920. The number of hydrogen-bond acceptors (Lipinski definition) is 8. The molecule has 0 unspecified atom stereocenters. The molecule has 0 saturated carbocycles. The van der Waals surface area contributed by atoms with Gasteiger partial charge in [-0.25, -0.2) is 9.59 Å². The Morgan fingerprint density at radius 1 is 0.500 bits per heavy atom. The monoisotopic (exact) mass is 666 g/mol. The minimum absolute atomic E-state index is 0.291. The Bertz CT molecular complexity index is 1420. The number of esters is 2. The Morgan fingerprint density at radius 2 is 0.818 bits per heavy atom. The molecule has 4 aromatic rings. The number of ether oxygens (including phenoxy) is 2. The summed E-state index contributed by atoms with van der Waals surface area (Å²) < 4.78 is 10.3. The van der Waals surface area contributed by atoms with E-state index in [1.807, 2.05) is 45.3 Å².